The molecule has 0 saturated heterocycles. The van der Waals surface area contributed by atoms with Crippen LogP contribution in [0.1, 0.15) is 5.56 Å². The zero-order valence-corrected chi connectivity index (χ0v) is 10.6. The van der Waals surface area contributed by atoms with Gasteiger partial charge in [-0.05, 0) is 26.1 Å². The molecule has 0 unspecified atom stereocenters. The second-order valence-corrected chi connectivity index (χ2v) is 4.36. The summed E-state index contributed by atoms with van der Waals surface area (Å²) in [6.07, 6.45) is 0.844. The summed E-state index contributed by atoms with van der Waals surface area (Å²) in [4.78, 5) is 15.0. The molecular weight excluding hydrogens is 214 g/mol. The van der Waals surface area contributed by atoms with Crippen LogP contribution in [0, 0.1) is 0 Å². The van der Waals surface area contributed by atoms with Gasteiger partial charge in [-0.1, -0.05) is 30.3 Å². The molecule has 0 bridgehead atoms. The molecule has 0 radical (unpaired) electrons. The van der Waals surface area contributed by atoms with Crippen LogP contribution in [0.2, 0.25) is 0 Å². The molecular formula is C13H21N3O. The summed E-state index contributed by atoms with van der Waals surface area (Å²) in [6.45, 7) is 2.18. The third-order valence-electron chi connectivity index (χ3n) is 2.64. The van der Waals surface area contributed by atoms with E-state index in [0.717, 1.165) is 13.0 Å². The van der Waals surface area contributed by atoms with Gasteiger partial charge in [-0.15, -0.1) is 0 Å². The molecule has 0 aromatic heterocycles. The quantitative estimate of drug-likeness (QED) is 0.804. The molecule has 0 aliphatic rings. The molecule has 4 heteroatoms. The fraction of sp³-hybridized carbons (Fsp3) is 0.462. The molecule has 2 N–H and O–H groups in total. The minimum absolute atomic E-state index is 0.345. The number of hydrogen-bond donors (Lipinski definition) is 1. The van der Waals surface area contributed by atoms with E-state index in [1.165, 1.54) is 5.56 Å². The number of nitrogens with zero attached hydrogens (tertiary/aromatic N) is 2. The first-order chi connectivity index (χ1) is 8.09. The van der Waals surface area contributed by atoms with Gasteiger partial charge in [0.2, 0.25) is 0 Å². The van der Waals surface area contributed by atoms with E-state index >= 15 is 0 Å². The van der Waals surface area contributed by atoms with E-state index in [9.17, 15) is 4.79 Å². The van der Waals surface area contributed by atoms with Crippen molar-refractivity contribution in [3.63, 3.8) is 0 Å². The molecule has 4 nitrogen and oxygen atoms in total. The summed E-state index contributed by atoms with van der Waals surface area (Å²) < 4.78 is 0. The topological polar surface area (TPSA) is 49.6 Å². The van der Waals surface area contributed by atoms with Crippen LogP contribution in [0.3, 0.4) is 0 Å². The Morgan fingerprint density at radius 2 is 1.76 bits per heavy atom. The van der Waals surface area contributed by atoms with Crippen LogP contribution in [0.25, 0.3) is 0 Å². The lowest BCUT2D eigenvalue weighted by molar-refractivity contribution is 0.201. The average molecular weight is 235 g/mol. The van der Waals surface area contributed by atoms with Gasteiger partial charge in [0.1, 0.15) is 0 Å². The summed E-state index contributed by atoms with van der Waals surface area (Å²) in [5, 5.41) is 0. The number of carbonyl (C=O) groups is 1. The Labute approximate surface area is 103 Å². The lowest BCUT2D eigenvalue weighted by atomic mass is 10.1. The Hall–Kier alpha value is -1.55. The van der Waals surface area contributed by atoms with Crippen LogP contribution in [0.15, 0.2) is 30.3 Å². The van der Waals surface area contributed by atoms with Crippen molar-refractivity contribution in [3.05, 3.63) is 35.9 Å². The van der Waals surface area contributed by atoms with Crippen LogP contribution in [-0.2, 0) is 6.42 Å². The van der Waals surface area contributed by atoms with Crippen molar-refractivity contribution in [1.82, 2.24) is 9.80 Å². The molecule has 0 heterocycles. The van der Waals surface area contributed by atoms with E-state index in [1.807, 2.05) is 37.2 Å². The zero-order valence-electron chi connectivity index (χ0n) is 10.6. The van der Waals surface area contributed by atoms with E-state index in [2.05, 4.69) is 12.1 Å². The van der Waals surface area contributed by atoms with Crippen molar-refractivity contribution in [3.8, 4) is 0 Å². The van der Waals surface area contributed by atoms with Crippen molar-refractivity contribution in [1.29, 1.82) is 0 Å². The molecule has 1 aromatic carbocycles. The molecule has 0 fully saturated rings. The van der Waals surface area contributed by atoms with Crippen LogP contribution in [-0.4, -0.2) is 49.6 Å². The SMILES string of the molecule is CN(C)CCN(CCc1ccccc1)C(N)=O. The Bertz CT molecular complexity index is 338. The second kappa shape index (κ2) is 6.91. The maximum atomic E-state index is 11.3. The van der Waals surface area contributed by atoms with Crippen molar-refractivity contribution < 1.29 is 4.79 Å². The van der Waals surface area contributed by atoms with Gasteiger partial charge >= 0.3 is 6.03 Å². The van der Waals surface area contributed by atoms with Crippen molar-refractivity contribution >= 4 is 6.03 Å². The van der Waals surface area contributed by atoms with E-state index in [1.54, 1.807) is 4.90 Å². The van der Waals surface area contributed by atoms with E-state index in [-0.39, 0.29) is 6.03 Å². The number of carbonyl (C=O) groups excluding carboxylic acids is 1. The van der Waals surface area contributed by atoms with E-state index in [4.69, 9.17) is 5.73 Å². The number of nitrogens with two attached hydrogens (primary N) is 1. The summed E-state index contributed by atoms with van der Waals surface area (Å²) >= 11 is 0. The molecule has 1 aromatic rings. The van der Waals surface area contributed by atoms with Gasteiger partial charge in [0.15, 0.2) is 0 Å². The van der Waals surface area contributed by atoms with Gasteiger partial charge in [0, 0.05) is 19.6 Å². The molecule has 0 saturated carbocycles. The summed E-state index contributed by atoms with van der Waals surface area (Å²) in [6, 6.07) is 9.77. The van der Waals surface area contributed by atoms with Crippen molar-refractivity contribution in [2.75, 3.05) is 33.7 Å². The predicted octanol–water partition coefficient (Wildman–Crippen LogP) is 1.17. The van der Waals surface area contributed by atoms with Crippen molar-refractivity contribution in [2.45, 2.75) is 6.42 Å². The fourth-order valence-electron chi connectivity index (χ4n) is 1.56. The fourth-order valence-corrected chi connectivity index (χ4v) is 1.56. The standard InChI is InChI=1S/C13H21N3O/c1-15(2)10-11-16(13(14)17)9-8-12-6-4-3-5-7-12/h3-7H,8-11H2,1-2H3,(H2,14,17). The normalized spacial score (nSPS) is 10.5. The van der Waals surface area contributed by atoms with Gasteiger partial charge in [0.05, 0.1) is 0 Å². The maximum Gasteiger partial charge on any atom is 0.314 e. The number of hydrogen-bond acceptors (Lipinski definition) is 2. The van der Waals surface area contributed by atoms with Gasteiger partial charge in [-0.2, -0.15) is 0 Å². The Balaban J connectivity index is 2.42. The van der Waals surface area contributed by atoms with Gasteiger partial charge in [-0.3, -0.25) is 0 Å². The van der Waals surface area contributed by atoms with Gasteiger partial charge in [0.25, 0.3) is 0 Å². The molecule has 2 amide bonds. The number of likely N-dealkylation sites (N-methyl/N-ethyl adjacent to an activating group) is 1. The highest BCUT2D eigenvalue weighted by molar-refractivity contribution is 5.71. The predicted molar refractivity (Wildman–Crippen MR) is 69.9 cm³/mol. The van der Waals surface area contributed by atoms with Crippen LogP contribution >= 0.6 is 0 Å². The zero-order chi connectivity index (χ0) is 12.7. The molecule has 0 aliphatic heterocycles. The Morgan fingerprint density at radius 3 is 2.29 bits per heavy atom. The minimum atomic E-state index is -0.345. The van der Waals surface area contributed by atoms with E-state index in [0.29, 0.717) is 13.1 Å². The summed E-state index contributed by atoms with van der Waals surface area (Å²) in [5.41, 5.74) is 6.58. The third-order valence-corrected chi connectivity index (χ3v) is 2.64. The second-order valence-electron chi connectivity index (χ2n) is 4.36. The molecule has 0 spiro atoms. The minimum Gasteiger partial charge on any atom is -0.351 e. The van der Waals surface area contributed by atoms with Gasteiger partial charge < -0.3 is 15.5 Å². The smallest absolute Gasteiger partial charge is 0.314 e. The monoisotopic (exact) mass is 235 g/mol. The lowest BCUT2D eigenvalue weighted by Crippen LogP contribution is -2.41. The van der Waals surface area contributed by atoms with Crippen molar-refractivity contribution in [2.24, 2.45) is 5.73 Å². The molecule has 1 rings (SSSR count). The number of primary amides is 1. The number of rotatable bonds is 6. The van der Waals surface area contributed by atoms with Crippen LogP contribution in [0.4, 0.5) is 4.79 Å². The third kappa shape index (κ3) is 5.36. The first-order valence-corrected chi connectivity index (χ1v) is 5.82. The number of benzene rings is 1. The number of urea groups is 1. The summed E-state index contributed by atoms with van der Waals surface area (Å²) in [5.74, 6) is 0. The van der Waals surface area contributed by atoms with E-state index < -0.39 is 0 Å². The lowest BCUT2D eigenvalue weighted by Gasteiger charge is -2.22. The molecule has 94 valence electrons. The molecule has 0 atom stereocenters. The average Bonchev–Trinajstić information content (AvgIpc) is 2.29. The van der Waals surface area contributed by atoms with Gasteiger partial charge in [-0.25, -0.2) is 4.79 Å². The highest BCUT2D eigenvalue weighted by Crippen LogP contribution is 2.01. The largest absolute Gasteiger partial charge is 0.351 e. The van der Waals surface area contributed by atoms with Crippen LogP contribution < -0.4 is 5.73 Å². The molecule has 17 heavy (non-hydrogen) atoms. The highest BCUT2D eigenvalue weighted by Gasteiger charge is 2.09. The maximum absolute atomic E-state index is 11.3. The number of amides is 2. The molecule has 0 aliphatic carbocycles. The first-order valence-electron chi connectivity index (χ1n) is 5.82. The summed E-state index contributed by atoms with van der Waals surface area (Å²) in [7, 11) is 3.97. The first kappa shape index (κ1) is 13.5. The van der Waals surface area contributed by atoms with Crippen LogP contribution in [0.5, 0.6) is 0 Å². The highest BCUT2D eigenvalue weighted by atomic mass is 16.2. The Kier molecular flexibility index (Phi) is 5.49. The Morgan fingerprint density at radius 1 is 1.12 bits per heavy atom.